The first kappa shape index (κ1) is 13.3. The predicted octanol–water partition coefficient (Wildman–Crippen LogP) is 1.85. The molecule has 0 saturated carbocycles. The maximum Gasteiger partial charge on any atom is 0.149 e. The van der Waals surface area contributed by atoms with Crippen LogP contribution in [0.5, 0.6) is 0 Å². The molecule has 1 aromatic rings. The molecule has 1 aromatic heterocycles. The Morgan fingerprint density at radius 1 is 1.59 bits per heavy atom. The molecule has 1 aliphatic heterocycles. The zero-order valence-corrected chi connectivity index (χ0v) is 11.7. The van der Waals surface area contributed by atoms with Crippen LogP contribution in [0.25, 0.3) is 0 Å². The third kappa shape index (κ3) is 4.56. The molecule has 2 heterocycles. The Labute approximate surface area is 111 Å². The van der Waals surface area contributed by atoms with Gasteiger partial charge in [0, 0.05) is 36.5 Å². The van der Waals surface area contributed by atoms with Crippen LogP contribution in [0, 0.1) is 0 Å². The number of ether oxygens (including phenoxy) is 1. The van der Waals surface area contributed by atoms with Gasteiger partial charge in [-0.05, 0) is 6.42 Å². The van der Waals surface area contributed by atoms with Crippen molar-refractivity contribution in [2.75, 3.05) is 32.1 Å². The summed E-state index contributed by atoms with van der Waals surface area (Å²) in [4.78, 5) is 4.29. The van der Waals surface area contributed by atoms with Gasteiger partial charge in [0.05, 0.1) is 13.2 Å². The van der Waals surface area contributed by atoms with E-state index in [2.05, 4.69) is 22.3 Å². The summed E-state index contributed by atoms with van der Waals surface area (Å²) in [6.07, 6.45) is 3.00. The summed E-state index contributed by atoms with van der Waals surface area (Å²) < 4.78 is 6.50. The summed E-state index contributed by atoms with van der Waals surface area (Å²) in [5, 5.41) is 4.30. The lowest BCUT2D eigenvalue weighted by atomic mass is 10.3. The Morgan fingerprint density at radius 3 is 3.06 bits per heavy atom. The van der Waals surface area contributed by atoms with Crippen molar-refractivity contribution in [2.24, 2.45) is 0 Å². The molecule has 1 N–H and O–H groups in total. The van der Waals surface area contributed by atoms with E-state index in [1.54, 1.807) is 11.3 Å². The standard InChI is InChI=1S/C11H19N3OS2/c1-2-10(9-17-11-12-3-8-16-11)13-14-4-6-15-7-5-14/h3,8,10,13H,2,4-7,9H2,1H3. The first-order valence-corrected chi connectivity index (χ1v) is 7.86. The van der Waals surface area contributed by atoms with Crippen LogP contribution in [0.4, 0.5) is 0 Å². The molecule has 1 aliphatic rings. The largest absolute Gasteiger partial charge is 0.379 e. The van der Waals surface area contributed by atoms with Crippen molar-refractivity contribution in [3.8, 4) is 0 Å². The van der Waals surface area contributed by atoms with Crippen molar-refractivity contribution >= 4 is 23.1 Å². The first-order valence-electron chi connectivity index (χ1n) is 5.99. The Kier molecular flexibility index (Phi) is 5.73. The molecule has 17 heavy (non-hydrogen) atoms. The van der Waals surface area contributed by atoms with Gasteiger partial charge in [0.15, 0.2) is 0 Å². The number of nitrogens with zero attached hydrogens (tertiary/aromatic N) is 2. The van der Waals surface area contributed by atoms with Gasteiger partial charge in [-0.1, -0.05) is 18.7 Å². The number of morpholine rings is 1. The van der Waals surface area contributed by atoms with E-state index in [1.165, 1.54) is 0 Å². The summed E-state index contributed by atoms with van der Waals surface area (Å²) in [5.74, 6) is 1.07. The van der Waals surface area contributed by atoms with Crippen LogP contribution in [0.1, 0.15) is 13.3 Å². The average molecular weight is 273 g/mol. The highest BCUT2D eigenvalue weighted by Gasteiger charge is 2.15. The van der Waals surface area contributed by atoms with Gasteiger partial charge in [0.1, 0.15) is 4.34 Å². The van der Waals surface area contributed by atoms with E-state index in [0.717, 1.165) is 42.8 Å². The van der Waals surface area contributed by atoms with E-state index in [0.29, 0.717) is 6.04 Å². The highest BCUT2D eigenvalue weighted by Crippen LogP contribution is 2.21. The van der Waals surface area contributed by atoms with Crippen LogP contribution in [0.3, 0.4) is 0 Å². The summed E-state index contributed by atoms with van der Waals surface area (Å²) in [6, 6.07) is 0.516. The van der Waals surface area contributed by atoms with E-state index in [9.17, 15) is 0 Å². The maximum atomic E-state index is 5.34. The minimum absolute atomic E-state index is 0.516. The van der Waals surface area contributed by atoms with Crippen molar-refractivity contribution in [1.82, 2.24) is 15.4 Å². The predicted molar refractivity (Wildman–Crippen MR) is 72.4 cm³/mol. The molecular formula is C11H19N3OS2. The smallest absolute Gasteiger partial charge is 0.149 e. The molecule has 96 valence electrons. The van der Waals surface area contributed by atoms with E-state index < -0.39 is 0 Å². The van der Waals surface area contributed by atoms with Gasteiger partial charge in [-0.2, -0.15) is 0 Å². The van der Waals surface area contributed by atoms with E-state index in [1.807, 2.05) is 23.3 Å². The monoisotopic (exact) mass is 273 g/mol. The van der Waals surface area contributed by atoms with Gasteiger partial charge in [-0.25, -0.2) is 9.99 Å². The molecule has 1 fully saturated rings. The topological polar surface area (TPSA) is 37.4 Å². The zero-order valence-electron chi connectivity index (χ0n) is 10.1. The van der Waals surface area contributed by atoms with Crippen LogP contribution in [-0.2, 0) is 4.74 Å². The molecule has 0 spiro atoms. The molecule has 1 unspecified atom stereocenters. The second-order valence-corrected chi connectivity index (χ2v) is 6.10. The van der Waals surface area contributed by atoms with Crippen LogP contribution in [0.2, 0.25) is 0 Å². The molecule has 0 amide bonds. The lowest BCUT2D eigenvalue weighted by molar-refractivity contribution is 0.00518. The summed E-state index contributed by atoms with van der Waals surface area (Å²) in [7, 11) is 0. The van der Waals surface area contributed by atoms with E-state index >= 15 is 0 Å². The third-order valence-electron chi connectivity index (χ3n) is 2.69. The molecule has 0 aliphatic carbocycles. The molecule has 4 nitrogen and oxygen atoms in total. The SMILES string of the molecule is CCC(CSc1nccs1)NN1CCOCC1. The maximum absolute atomic E-state index is 5.34. The molecular weight excluding hydrogens is 254 g/mol. The molecule has 1 atom stereocenters. The Hall–Kier alpha value is -0.140. The van der Waals surface area contributed by atoms with Gasteiger partial charge in [-0.15, -0.1) is 11.3 Å². The average Bonchev–Trinajstić information content (AvgIpc) is 2.89. The molecule has 0 aromatic carbocycles. The van der Waals surface area contributed by atoms with Gasteiger partial charge < -0.3 is 4.74 Å². The molecule has 1 saturated heterocycles. The highest BCUT2D eigenvalue weighted by molar-refractivity contribution is 8.01. The highest BCUT2D eigenvalue weighted by atomic mass is 32.2. The fraction of sp³-hybridized carbons (Fsp3) is 0.727. The number of hydrogen-bond acceptors (Lipinski definition) is 6. The molecule has 0 bridgehead atoms. The Morgan fingerprint density at radius 2 is 2.41 bits per heavy atom. The van der Waals surface area contributed by atoms with Crippen LogP contribution in [0.15, 0.2) is 15.9 Å². The molecule has 0 radical (unpaired) electrons. The number of nitrogens with one attached hydrogen (secondary N) is 1. The minimum atomic E-state index is 0.516. The number of rotatable bonds is 6. The van der Waals surface area contributed by atoms with Gasteiger partial charge in [-0.3, -0.25) is 5.43 Å². The number of aromatic nitrogens is 1. The number of thioether (sulfide) groups is 1. The summed E-state index contributed by atoms with van der Waals surface area (Å²) in [6.45, 7) is 5.86. The lowest BCUT2D eigenvalue weighted by Gasteiger charge is -2.31. The summed E-state index contributed by atoms with van der Waals surface area (Å²) in [5.41, 5.74) is 3.58. The van der Waals surface area contributed by atoms with Crippen LogP contribution < -0.4 is 5.43 Å². The zero-order chi connectivity index (χ0) is 11.9. The lowest BCUT2D eigenvalue weighted by Crippen LogP contribution is -2.50. The van der Waals surface area contributed by atoms with Crippen LogP contribution >= 0.6 is 23.1 Å². The Balaban J connectivity index is 1.72. The fourth-order valence-electron chi connectivity index (χ4n) is 1.65. The minimum Gasteiger partial charge on any atom is -0.379 e. The number of hydrazine groups is 1. The quantitative estimate of drug-likeness (QED) is 0.801. The van der Waals surface area contributed by atoms with Crippen molar-refractivity contribution in [3.63, 3.8) is 0 Å². The number of thiazole rings is 1. The second-order valence-electron chi connectivity index (χ2n) is 3.94. The van der Waals surface area contributed by atoms with Crippen molar-refractivity contribution < 1.29 is 4.74 Å². The van der Waals surface area contributed by atoms with Crippen LogP contribution in [-0.4, -0.2) is 48.1 Å². The second kappa shape index (κ2) is 7.33. The van der Waals surface area contributed by atoms with Crippen molar-refractivity contribution in [2.45, 2.75) is 23.7 Å². The first-order chi connectivity index (χ1) is 8.38. The van der Waals surface area contributed by atoms with Crippen molar-refractivity contribution in [3.05, 3.63) is 11.6 Å². The van der Waals surface area contributed by atoms with Gasteiger partial charge in [0.2, 0.25) is 0 Å². The normalized spacial score (nSPS) is 19.4. The fourth-order valence-corrected chi connectivity index (χ4v) is 3.44. The number of hydrogen-bond donors (Lipinski definition) is 1. The third-order valence-corrected chi connectivity index (χ3v) is 4.82. The summed E-state index contributed by atoms with van der Waals surface area (Å²) >= 11 is 3.55. The van der Waals surface area contributed by atoms with Gasteiger partial charge in [0.25, 0.3) is 0 Å². The van der Waals surface area contributed by atoms with E-state index in [4.69, 9.17) is 4.74 Å². The van der Waals surface area contributed by atoms with E-state index in [-0.39, 0.29) is 0 Å². The van der Waals surface area contributed by atoms with Gasteiger partial charge >= 0.3 is 0 Å². The van der Waals surface area contributed by atoms with Crippen molar-refractivity contribution in [1.29, 1.82) is 0 Å². The molecule has 2 rings (SSSR count). The molecule has 6 heteroatoms. The Bertz CT molecular complexity index is 302.